The van der Waals surface area contributed by atoms with Crippen LogP contribution in [0, 0.1) is 0 Å². The van der Waals surface area contributed by atoms with Gasteiger partial charge in [-0.1, -0.05) is 0 Å². The van der Waals surface area contributed by atoms with Crippen molar-refractivity contribution in [1.82, 2.24) is 39.9 Å². The van der Waals surface area contributed by atoms with E-state index >= 15 is 0 Å². The summed E-state index contributed by atoms with van der Waals surface area (Å²) in [7, 11) is 0. The predicted octanol–water partition coefficient (Wildman–Crippen LogP) is -1.42. The van der Waals surface area contributed by atoms with Crippen molar-refractivity contribution < 1.29 is 30.0 Å². The summed E-state index contributed by atoms with van der Waals surface area (Å²) >= 11 is 0. The Labute approximate surface area is 129 Å². The van der Waals surface area contributed by atoms with Gasteiger partial charge in [0.25, 0.3) is 0 Å². The fourth-order valence-corrected chi connectivity index (χ4v) is 1.57. The van der Waals surface area contributed by atoms with Crippen LogP contribution in [-0.4, -0.2) is 49.5 Å². The average molecular weight is 381 g/mol. The Hall–Kier alpha value is -2.64. The van der Waals surface area contributed by atoms with E-state index in [1.54, 1.807) is 0 Å². The number of rotatable bonds is 0. The number of nitrogens with one attached hydrogen (secondary N) is 4. The zero-order chi connectivity index (χ0) is 13.9. The van der Waals surface area contributed by atoms with E-state index in [0.29, 0.717) is 22.3 Å². The second-order valence-corrected chi connectivity index (χ2v) is 3.70. The number of hydrogen-bond acceptors (Lipinski definition) is 4. The molecule has 0 saturated carbocycles. The maximum absolute atomic E-state index is 9.09. The molecule has 0 fully saturated rings. The zero-order valence-electron chi connectivity index (χ0n) is 10.3. The van der Waals surface area contributed by atoms with Crippen LogP contribution in [-0.2, 0) is 20.4 Å². The van der Waals surface area contributed by atoms with Crippen LogP contribution in [0.4, 0.5) is 0 Å². The van der Waals surface area contributed by atoms with Crippen molar-refractivity contribution in [1.29, 1.82) is 0 Å². The molecule has 0 amide bonds. The SMILES string of the molecule is [OH+]=c1[nH]cnc2nc[nH]c12.[OH+]=c1[nH]cnc2nc[nH]c12.[Pd]. The molecule has 0 aliphatic heterocycles. The summed E-state index contributed by atoms with van der Waals surface area (Å²) < 4.78 is 0. The van der Waals surface area contributed by atoms with Gasteiger partial charge in [0, 0.05) is 20.4 Å². The van der Waals surface area contributed by atoms with Gasteiger partial charge in [0.05, 0.1) is 12.7 Å². The molecule has 6 N–H and O–H groups in total. The van der Waals surface area contributed by atoms with Crippen molar-refractivity contribution in [3.05, 3.63) is 36.4 Å². The van der Waals surface area contributed by atoms with Gasteiger partial charge in [0.15, 0.2) is 11.3 Å². The van der Waals surface area contributed by atoms with E-state index in [9.17, 15) is 0 Å². The van der Waals surface area contributed by atoms with Gasteiger partial charge in [-0.2, -0.15) is 0 Å². The number of nitrogens with zero attached hydrogens (tertiary/aromatic N) is 4. The first kappa shape index (κ1) is 14.8. The third-order valence-electron chi connectivity index (χ3n) is 2.49. The number of hydrogen-bond donors (Lipinski definition) is 4. The Kier molecular flexibility index (Phi) is 4.37. The van der Waals surface area contributed by atoms with Crippen LogP contribution in [0.1, 0.15) is 0 Å². The van der Waals surface area contributed by atoms with Crippen molar-refractivity contribution in [3.8, 4) is 0 Å². The molecule has 4 aromatic heterocycles. The van der Waals surface area contributed by atoms with Crippen LogP contribution in [0.15, 0.2) is 25.3 Å². The Bertz CT molecular complexity index is 888. The largest absolute Gasteiger partial charge is 0.447 e. The molecule has 0 atom stereocenters. The van der Waals surface area contributed by atoms with Gasteiger partial charge >= 0.3 is 11.1 Å². The molecular weight excluding hydrogens is 371 g/mol. The Morgan fingerprint density at radius 3 is 1.29 bits per heavy atom. The fraction of sp³-hybridized carbons (Fsp3) is 0. The van der Waals surface area contributed by atoms with E-state index in [0.717, 1.165) is 0 Å². The number of fused-ring (bicyclic) bond motifs is 2. The molecule has 0 aliphatic carbocycles. The molecule has 0 aromatic carbocycles. The van der Waals surface area contributed by atoms with Gasteiger partial charge in [0.2, 0.25) is 11.0 Å². The summed E-state index contributed by atoms with van der Waals surface area (Å²) in [5, 5.41) is 0. The Balaban J connectivity index is 0.000000147. The minimum absolute atomic E-state index is 0. The minimum Gasteiger partial charge on any atom is -0.334 e. The second-order valence-electron chi connectivity index (χ2n) is 3.70. The van der Waals surface area contributed by atoms with Gasteiger partial charge in [-0.3, -0.25) is 19.6 Å². The smallest absolute Gasteiger partial charge is 0.334 e. The van der Waals surface area contributed by atoms with E-state index < -0.39 is 0 Å². The minimum atomic E-state index is 0. The van der Waals surface area contributed by atoms with Gasteiger partial charge in [0.1, 0.15) is 12.7 Å². The predicted molar refractivity (Wildman–Crippen MR) is 66.6 cm³/mol. The summed E-state index contributed by atoms with van der Waals surface area (Å²) in [6.45, 7) is 0. The van der Waals surface area contributed by atoms with Gasteiger partial charge in [-0.25, -0.2) is 19.9 Å². The maximum Gasteiger partial charge on any atom is 0.447 e. The zero-order valence-corrected chi connectivity index (χ0v) is 11.9. The van der Waals surface area contributed by atoms with Crippen LogP contribution < -0.4 is 11.1 Å². The summed E-state index contributed by atoms with van der Waals surface area (Å²) in [4.78, 5) is 44.1. The maximum atomic E-state index is 9.09. The van der Waals surface area contributed by atoms with Gasteiger partial charge < -0.3 is 9.97 Å². The van der Waals surface area contributed by atoms with E-state index in [1.807, 2.05) is 0 Å². The Morgan fingerprint density at radius 1 is 0.619 bits per heavy atom. The van der Waals surface area contributed by atoms with Crippen LogP contribution in [0.25, 0.3) is 22.3 Å². The van der Waals surface area contributed by atoms with E-state index in [-0.39, 0.29) is 31.5 Å². The molecule has 0 unspecified atom stereocenters. The second kappa shape index (κ2) is 6.21. The first-order chi connectivity index (χ1) is 9.75. The van der Waals surface area contributed by atoms with Crippen molar-refractivity contribution >= 4 is 22.3 Å². The van der Waals surface area contributed by atoms with Gasteiger partial charge in [-0.15, -0.1) is 0 Å². The standard InChI is InChI=1S/2C5H4N4O.Pd/c2*10-5-3-4(7-1-6-3)8-2-9-5;/h2*1-2H,(H2,6,7,8,9,10);/p+2. The van der Waals surface area contributed by atoms with Gasteiger partial charge in [-0.05, 0) is 0 Å². The topological polar surface area (TPSA) is 158 Å². The van der Waals surface area contributed by atoms with Crippen LogP contribution in [0.5, 0.6) is 0 Å². The first-order valence-corrected chi connectivity index (χ1v) is 5.53. The van der Waals surface area contributed by atoms with Crippen molar-refractivity contribution in [2.75, 3.05) is 0 Å². The number of aromatic amines is 4. The molecular formula is C10H10N8O2Pd+2. The van der Waals surface area contributed by atoms with E-state index in [4.69, 9.17) is 9.59 Å². The summed E-state index contributed by atoms with van der Waals surface area (Å²) in [6.07, 6.45) is 5.73. The molecule has 0 radical (unpaired) electrons. The van der Waals surface area contributed by atoms with E-state index in [2.05, 4.69) is 39.9 Å². The van der Waals surface area contributed by atoms with Crippen molar-refractivity contribution in [3.63, 3.8) is 0 Å². The normalized spacial score (nSPS) is 9.90. The quantitative estimate of drug-likeness (QED) is 0.218. The number of H-pyrrole nitrogens is 4. The fourth-order valence-electron chi connectivity index (χ4n) is 1.57. The molecule has 4 rings (SSSR count). The summed E-state index contributed by atoms with van der Waals surface area (Å²) in [5.41, 5.74) is 2.20. The molecule has 0 saturated heterocycles. The van der Waals surface area contributed by atoms with Crippen LogP contribution >= 0.6 is 0 Å². The third-order valence-corrected chi connectivity index (χ3v) is 2.49. The van der Waals surface area contributed by atoms with Crippen LogP contribution in [0.2, 0.25) is 0 Å². The molecule has 4 heterocycles. The summed E-state index contributed by atoms with van der Waals surface area (Å²) in [6, 6.07) is 0. The summed E-state index contributed by atoms with van der Waals surface area (Å²) in [5.74, 6) is 0. The number of aromatic nitrogens is 8. The first-order valence-electron chi connectivity index (χ1n) is 5.53. The number of imidazole rings is 2. The molecule has 0 spiro atoms. The molecule has 11 heteroatoms. The molecule has 4 aromatic rings. The van der Waals surface area contributed by atoms with Crippen molar-refractivity contribution in [2.45, 2.75) is 0 Å². The molecule has 0 aliphatic rings. The van der Waals surface area contributed by atoms with Crippen molar-refractivity contribution in [2.24, 2.45) is 0 Å². The molecule has 0 bridgehead atoms. The average Bonchev–Trinajstić information content (AvgIpc) is 3.08. The molecule has 21 heavy (non-hydrogen) atoms. The van der Waals surface area contributed by atoms with Crippen LogP contribution in [0.3, 0.4) is 0 Å². The molecule has 10 nitrogen and oxygen atoms in total. The monoisotopic (exact) mass is 380 g/mol. The molecule has 110 valence electrons. The third kappa shape index (κ3) is 2.94. The Morgan fingerprint density at radius 2 is 0.952 bits per heavy atom. The van der Waals surface area contributed by atoms with E-state index in [1.165, 1.54) is 25.3 Å².